The summed E-state index contributed by atoms with van der Waals surface area (Å²) >= 11 is 5.56. The van der Waals surface area contributed by atoms with Crippen LogP contribution in [0, 0.1) is 11.3 Å². The Kier molecular flexibility index (Phi) is 2.82. The molecular weight excluding hydrogens is 162 g/mol. The molecule has 0 unspecified atom stereocenters. The fraction of sp³-hybridized carbons (Fsp3) is 0.286. The van der Waals surface area contributed by atoms with Crippen LogP contribution in [0.1, 0.15) is 12.2 Å². The van der Waals surface area contributed by atoms with Crippen molar-refractivity contribution >= 4 is 11.6 Å². The van der Waals surface area contributed by atoms with Gasteiger partial charge in [0.1, 0.15) is 5.82 Å². The van der Waals surface area contributed by atoms with E-state index in [1.54, 1.807) is 0 Å². The van der Waals surface area contributed by atoms with Crippen molar-refractivity contribution in [3.8, 4) is 6.07 Å². The molecule has 1 aromatic heterocycles. The zero-order chi connectivity index (χ0) is 8.10. The second-order valence-corrected chi connectivity index (χ2v) is 2.41. The topological polar surface area (TPSA) is 49.6 Å². The third-order valence-electron chi connectivity index (χ3n) is 1.13. The van der Waals surface area contributed by atoms with Crippen LogP contribution in [0.4, 0.5) is 0 Å². The third-order valence-corrected chi connectivity index (χ3v) is 1.33. The monoisotopic (exact) mass is 167 g/mol. The Morgan fingerprint density at radius 1 is 1.45 bits per heavy atom. The van der Waals surface area contributed by atoms with Gasteiger partial charge in [-0.15, -0.1) is 0 Å². The van der Waals surface area contributed by atoms with Crippen LogP contribution in [0.5, 0.6) is 0 Å². The predicted octanol–water partition coefficient (Wildman–Crippen LogP) is 1.59. The summed E-state index contributed by atoms with van der Waals surface area (Å²) in [7, 11) is 0. The van der Waals surface area contributed by atoms with E-state index < -0.39 is 0 Å². The first-order chi connectivity index (χ1) is 5.33. The molecule has 0 aromatic carbocycles. The Hall–Kier alpha value is -1.14. The minimum Gasteiger partial charge on any atom is -0.240 e. The molecule has 3 nitrogen and oxygen atoms in total. The Bertz CT molecular complexity index is 262. The second kappa shape index (κ2) is 3.89. The van der Waals surface area contributed by atoms with Crippen molar-refractivity contribution in [2.75, 3.05) is 0 Å². The number of aromatic nitrogens is 2. The van der Waals surface area contributed by atoms with E-state index in [4.69, 9.17) is 16.9 Å². The van der Waals surface area contributed by atoms with Crippen LogP contribution in [0.25, 0.3) is 0 Å². The average molecular weight is 168 g/mol. The van der Waals surface area contributed by atoms with Gasteiger partial charge in [0, 0.05) is 25.2 Å². The molecule has 0 N–H and O–H groups in total. The molecule has 0 amide bonds. The summed E-state index contributed by atoms with van der Waals surface area (Å²) in [5.41, 5.74) is 0. The quantitative estimate of drug-likeness (QED) is 0.672. The highest BCUT2D eigenvalue weighted by molar-refractivity contribution is 6.30. The van der Waals surface area contributed by atoms with Crippen LogP contribution < -0.4 is 0 Å². The van der Waals surface area contributed by atoms with Crippen LogP contribution >= 0.6 is 11.6 Å². The molecule has 0 atom stereocenters. The molecule has 0 spiro atoms. The molecule has 1 rings (SSSR count). The van der Waals surface area contributed by atoms with Crippen molar-refractivity contribution in [2.24, 2.45) is 0 Å². The molecule has 0 saturated heterocycles. The molecule has 0 bridgehead atoms. The van der Waals surface area contributed by atoms with Gasteiger partial charge >= 0.3 is 0 Å². The van der Waals surface area contributed by atoms with Crippen LogP contribution in [-0.4, -0.2) is 9.97 Å². The first kappa shape index (κ1) is 7.96. The number of halogens is 1. The molecule has 0 radical (unpaired) electrons. The molecule has 11 heavy (non-hydrogen) atoms. The summed E-state index contributed by atoms with van der Waals surface area (Å²) in [6.07, 6.45) is 4.10. The standard InChI is InChI=1S/C7H6ClN3/c8-6-4-10-7(11-5-6)2-1-3-9/h4-5H,1-2H2. The molecule has 0 aliphatic heterocycles. The summed E-state index contributed by atoms with van der Waals surface area (Å²) in [5, 5.41) is 8.77. The zero-order valence-corrected chi connectivity index (χ0v) is 6.54. The van der Waals surface area contributed by atoms with Gasteiger partial charge < -0.3 is 0 Å². The fourth-order valence-corrected chi connectivity index (χ4v) is 0.733. The predicted molar refractivity (Wildman–Crippen MR) is 41.0 cm³/mol. The lowest BCUT2D eigenvalue weighted by Gasteiger charge is -1.93. The van der Waals surface area contributed by atoms with Gasteiger partial charge in [-0.1, -0.05) is 11.6 Å². The first-order valence-electron chi connectivity index (χ1n) is 3.16. The Balaban J connectivity index is 2.60. The van der Waals surface area contributed by atoms with Gasteiger partial charge in [0.2, 0.25) is 0 Å². The Labute approximate surface area is 69.7 Å². The number of hydrogen-bond acceptors (Lipinski definition) is 3. The maximum Gasteiger partial charge on any atom is 0.129 e. The van der Waals surface area contributed by atoms with Crippen molar-refractivity contribution in [3.05, 3.63) is 23.2 Å². The number of nitrogens with zero attached hydrogens (tertiary/aromatic N) is 3. The summed E-state index contributed by atoms with van der Waals surface area (Å²) in [4.78, 5) is 7.84. The van der Waals surface area contributed by atoms with E-state index in [0.717, 1.165) is 0 Å². The van der Waals surface area contributed by atoms with E-state index in [1.165, 1.54) is 12.4 Å². The highest BCUT2D eigenvalue weighted by Gasteiger charge is 1.94. The van der Waals surface area contributed by atoms with Crippen LogP contribution in [0.15, 0.2) is 12.4 Å². The van der Waals surface area contributed by atoms with Gasteiger partial charge in [-0.25, -0.2) is 9.97 Å². The average Bonchev–Trinajstić information content (AvgIpc) is 2.04. The molecular formula is C7H6ClN3. The molecule has 0 aliphatic carbocycles. The summed E-state index contributed by atoms with van der Waals surface area (Å²) in [6, 6.07) is 2.02. The van der Waals surface area contributed by atoms with E-state index in [-0.39, 0.29) is 0 Å². The number of nitriles is 1. The molecule has 4 heteroatoms. The van der Waals surface area contributed by atoms with Gasteiger partial charge in [-0.2, -0.15) is 5.26 Å². The fourth-order valence-electron chi connectivity index (χ4n) is 0.636. The lowest BCUT2D eigenvalue weighted by Crippen LogP contribution is -1.92. The molecule has 0 saturated carbocycles. The van der Waals surface area contributed by atoms with E-state index in [9.17, 15) is 0 Å². The van der Waals surface area contributed by atoms with Gasteiger partial charge in [-0.05, 0) is 0 Å². The number of rotatable bonds is 2. The minimum atomic E-state index is 0.446. The lowest BCUT2D eigenvalue weighted by molar-refractivity contribution is 0.884. The maximum absolute atomic E-state index is 8.25. The molecule has 0 aliphatic rings. The van der Waals surface area contributed by atoms with E-state index in [2.05, 4.69) is 9.97 Å². The maximum atomic E-state index is 8.25. The van der Waals surface area contributed by atoms with Gasteiger partial charge in [0.05, 0.1) is 11.1 Å². The molecule has 0 fully saturated rings. The van der Waals surface area contributed by atoms with E-state index >= 15 is 0 Å². The molecule has 1 heterocycles. The van der Waals surface area contributed by atoms with Crippen LogP contribution in [0.2, 0.25) is 5.02 Å². The smallest absolute Gasteiger partial charge is 0.129 e. The summed E-state index contributed by atoms with van der Waals surface area (Å²) < 4.78 is 0. The first-order valence-corrected chi connectivity index (χ1v) is 3.54. The van der Waals surface area contributed by atoms with Crippen molar-refractivity contribution in [1.82, 2.24) is 9.97 Å². The SMILES string of the molecule is N#CCCc1ncc(Cl)cn1. The van der Waals surface area contributed by atoms with Crippen molar-refractivity contribution in [3.63, 3.8) is 0 Å². The largest absolute Gasteiger partial charge is 0.240 e. The second-order valence-electron chi connectivity index (χ2n) is 1.98. The normalized spacial score (nSPS) is 9.09. The highest BCUT2D eigenvalue weighted by Crippen LogP contribution is 2.03. The van der Waals surface area contributed by atoms with Gasteiger partial charge in [0.25, 0.3) is 0 Å². The molecule has 1 aromatic rings. The van der Waals surface area contributed by atoms with Gasteiger partial charge in [0.15, 0.2) is 0 Å². The van der Waals surface area contributed by atoms with Crippen LogP contribution in [0.3, 0.4) is 0 Å². The third kappa shape index (κ3) is 2.52. The highest BCUT2D eigenvalue weighted by atomic mass is 35.5. The summed E-state index contributed by atoms with van der Waals surface area (Å²) in [6.45, 7) is 0. The summed E-state index contributed by atoms with van der Waals surface area (Å²) in [5.74, 6) is 0.663. The number of hydrogen-bond donors (Lipinski definition) is 0. The van der Waals surface area contributed by atoms with E-state index in [1.807, 2.05) is 6.07 Å². The molecule has 56 valence electrons. The minimum absolute atomic E-state index is 0.446. The Morgan fingerprint density at radius 2 is 2.09 bits per heavy atom. The number of aryl methyl sites for hydroxylation is 1. The van der Waals surface area contributed by atoms with Crippen molar-refractivity contribution in [1.29, 1.82) is 5.26 Å². The van der Waals surface area contributed by atoms with Crippen molar-refractivity contribution in [2.45, 2.75) is 12.8 Å². The van der Waals surface area contributed by atoms with Crippen molar-refractivity contribution < 1.29 is 0 Å². The van der Waals surface area contributed by atoms with Gasteiger partial charge in [-0.3, -0.25) is 0 Å². The zero-order valence-electron chi connectivity index (χ0n) is 5.79. The lowest BCUT2D eigenvalue weighted by atomic mass is 10.3. The van der Waals surface area contributed by atoms with Crippen LogP contribution in [-0.2, 0) is 6.42 Å². The van der Waals surface area contributed by atoms with E-state index in [0.29, 0.717) is 23.7 Å². The Morgan fingerprint density at radius 3 is 2.64 bits per heavy atom.